The Balaban J connectivity index is 0.000000214. The van der Waals surface area contributed by atoms with Crippen LogP contribution in [0.2, 0.25) is 17.3 Å². The Morgan fingerprint density at radius 2 is 1.46 bits per heavy atom. The number of hydrogen-bond acceptors (Lipinski definition) is 4. The monoisotopic (exact) mass is 1010 g/mol. The first kappa shape index (κ1) is 42.0. The molecule has 9 rings (SSSR count). The molecular weight excluding hydrogens is 961 g/mol. The summed E-state index contributed by atoms with van der Waals surface area (Å²) < 4.78 is 10.2. The average Bonchev–Trinajstić information content (AvgIpc) is 3.79. The number of pyridine rings is 2. The first-order valence-corrected chi connectivity index (χ1v) is 27.5. The van der Waals surface area contributed by atoms with Crippen molar-refractivity contribution < 1.29 is 24.5 Å². The Morgan fingerprint density at radius 3 is 2.15 bits per heavy atom. The van der Waals surface area contributed by atoms with Crippen molar-refractivity contribution >= 4 is 50.8 Å². The second-order valence-corrected chi connectivity index (χ2v) is 28.1. The Kier molecular flexibility index (Phi) is 12.3. The maximum Gasteiger partial charge on any atom is 0 e. The summed E-state index contributed by atoms with van der Waals surface area (Å²) >= 11 is -1.86. The van der Waals surface area contributed by atoms with Gasteiger partial charge in [0.1, 0.15) is 0 Å². The van der Waals surface area contributed by atoms with Crippen molar-refractivity contribution in [3.8, 4) is 39.6 Å². The molecule has 299 valence electrons. The van der Waals surface area contributed by atoms with Crippen molar-refractivity contribution in [2.24, 2.45) is 5.92 Å². The first-order valence-electron chi connectivity index (χ1n) is 20.2. The van der Waals surface area contributed by atoms with Crippen LogP contribution in [0.5, 0.6) is 0 Å². The SMILES string of the molecule is CC(C)(C)c1ccc(-n2c(-c3[c-]ccc4c3oc3nc(-c5ccccc5)ccc34)nc3ccccc32)cc1.CC(C)Cc1cc(-c2[c-]cccc2)nc[c]1[Ge]([CH3])([CH3])[CH3].[Ir]. The van der Waals surface area contributed by atoms with Gasteiger partial charge in [-0.3, -0.25) is 4.98 Å². The minimum absolute atomic E-state index is 0. The van der Waals surface area contributed by atoms with Gasteiger partial charge in [0.05, 0.1) is 28.1 Å². The van der Waals surface area contributed by atoms with Gasteiger partial charge in [0.15, 0.2) is 0 Å². The molecule has 0 atom stereocenters. The van der Waals surface area contributed by atoms with E-state index < -0.39 is 13.3 Å². The van der Waals surface area contributed by atoms with E-state index in [9.17, 15) is 0 Å². The number of aromatic nitrogens is 4. The van der Waals surface area contributed by atoms with E-state index in [-0.39, 0.29) is 25.5 Å². The molecule has 4 heterocycles. The number of para-hydroxylation sites is 2. The van der Waals surface area contributed by atoms with Crippen LogP contribution in [0.4, 0.5) is 0 Å². The second kappa shape index (κ2) is 17.2. The Bertz CT molecular complexity index is 2850. The summed E-state index contributed by atoms with van der Waals surface area (Å²) in [6.07, 6.45) is 3.27. The summed E-state index contributed by atoms with van der Waals surface area (Å²) in [5.41, 5.74) is 12.1. The molecule has 0 spiro atoms. The number of nitrogens with zero attached hydrogens (tertiary/aromatic N) is 4. The quantitative estimate of drug-likeness (QED) is 0.118. The number of benzene rings is 5. The van der Waals surface area contributed by atoms with E-state index in [4.69, 9.17) is 19.4 Å². The predicted molar refractivity (Wildman–Crippen MR) is 245 cm³/mol. The van der Waals surface area contributed by atoms with E-state index in [1.54, 1.807) is 4.40 Å². The van der Waals surface area contributed by atoms with Crippen LogP contribution in [0.25, 0.3) is 72.7 Å². The molecule has 0 unspecified atom stereocenters. The molecule has 0 amide bonds. The smallest absolute Gasteiger partial charge is 0 e. The van der Waals surface area contributed by atoms with Gasteiger partial charge < -0.3 is 8.98 Å². The van der Waals surface area contributed by atoms with Gasteiger partial charge in [0.2, 0.25) is 5.71 Å². The van der Waals surface area contributed by atoms with Crippen LogP contribution in [0, 0.1) is 18.1 Å². The first-order chi connectivity index (χ1) is 27.8. The third kappa shape index (κ3) is 8.91. The number of imidazole rings is 1. The fourth-order valence-corrected chi connectivity index (χ4v) is 10.9. The zero-order chi connectivity index (χ0) is 40.6. The van der Waals surface area contributed by atoms with Crippen molar-refractivity contribution in [3.05, 3.63) is 163 Å². The molecule has 0 aliphatic rings. The van der Waals surface area contributed by atoms with E-state index in [0.717, 1.165) is 73.4 Å². The zero-order valence-electron chi connectivity index (χ0n) is 35.1. The van der Waals surface area contributed by atoms with E-state index in [2.05, 4.69) is 142 Å². The number of furan rings is 1. The third-order valence-corrected chi connectivity index (χ3v) is 14.9. The molecule has 0 aliphatic heterocycles. The van der Waals surface area contributed by atoms with Gasteiger partial charge in [-0.05, 0) is 47.4 Å². The van der Waals surface area contributed by atoms with Crippen molar-refractivity contribution in [1.29, 1.82) is 0 Å². The van der Waals surface area contributed by atoms with Crippen molar-refractivity contribution in [3.63, 3.8) is 0 Å². The van der Waals surface area contributed by atoms with E-state index in [0.29, 0.717) is 11.6 Å². The fourth-order valence-electron chi connectivity index (χ4n) is 7.60. The molecule has 0 aliphatic carbocycles. The van der Waals surface area contributed by atoms with Crippen LogP contribution in [0.1, 0.15) is 45.7 Å². The average molecular weight is 1010 g/mol. The van der Waals surface area contributed by atoms with Gasteiger partial charge in [-0.2, -0.15) is 0 Å². The summed E-state index contributed by atoms with van der Waals surface area (Å²) in [4.78, 5) is 14.6. The molecule has 0 saturated heterocycles. The van der Waals surface area contributed by atoms with Crippen LogP contribution in [0.3, 0.4) is 0 Å². The minimum Gasteiger partial charge on any atom is 0 e. The van der Waals surface area contributed by atoms with Crippen LogP contribution >= 0.6 is 0 Å². The number of fused-ring (bicyclic) bond motifs is 4. The molecule has 0 fully saturated rings. The topological polar surface area (TPSA) is 56.7 Å². The standard InChI is InChI=1S/C34H26N3O.C18H24GeN.Ir/c1-34(2,3)23-16-18-24(19-17-23)37-30-15-8-7-14-29(30)35-32(37)27-13-9-12-25-26-20-21-28(22-10-5-4-6-11-22)36-33(26)38-31(25)27;1-14(2)11-16-12-18(15-9-7-6-8-10-15)20-13-17(16)19(3,4)5;/h4-12,14-21H,1-3H3;6-9,12-14H,11H2,1-5H3;/q2*-1;. The van der Waals surface area contributed by atoms with Gasteiger partial charge in [0.25, 0.3) is 0 Å². The molecule has 5 nitrogen and oxygen atoms in total. The number of rotatable bonds is 7. The van der Waals surface area contributed by atoms with Crippen LogP contribution < -0.4 is 4.40 Å². The zero-order valence-corrected chi connectivity index (χ0v) is 39.6. The maximum atomic E-state index is 6.46. The summed E-state index contributed by atoms with van der Waals surface area (Å²) in [7, 11) is 0. The summed E-state index contributed by atoms with van der Waals surface area (Å²) in [6.45, 7) is 11.3. The summed E-state index contributed by atoms with van der Waals surface area (Å²) in [5.74, 6) is 8.79. The van der Waals surface area contributed by atoms with Gasteiger partial charge in [-0.15, -0.1) is 18.2 Å². The van der Waals surface area contributed by atoms with E-state index >= 15 is 0 Å². The molecular formula is C52H50GeIrN4O-2. The van der Waals surface area contributed by atoms with E-state index in [1.165, 1.54) is 11.1 Å². The molecule has 59 heavy (non-hydrogen) atoms. The van der Waals surface area contributed by atoms with Gasteiger partial charge in [-0.25, -0.2) is 4.98 Å². The molecule has 7 heteroatoms. The Labute approximate surface area is 364 Å². The molecule has 5 aromatic carbocycles. The molecule has 0 N–H and O–H groups in total. The van der Waals surface area contributed by atoms with Crippen LogP contribution in [0.15, 0.2) is 144 Å². The van der Waals surface area contributed by atoms with Crippen molar-refractivity contribution in [2.45, 2.75) is 63.7 Å². The van der Waals surface area contributed by atoms with Crippen LogP contribution in [-0.4, -0.2) is 32.8 Å². The molecule has 1 radical (unpaired) electrons. The largest absolute Gasteiger partial charge is 0 e. The minimum atomic E-state index is -1.86. The maximum absolute atomic E-state index is 6.46. The van der Waals surface area contributed by atoms with Gasteiger partial charge >= 0.3 is 126 Å². The second-order valence-electron chi connectivity index (χ2n) is 17.5. The predicted octanol–water partition coefficient (Wildman–Crippen LogP) is 13.0. The molecule has 4 aromatic heterocycles. The normalized spacial score (nSPS) is 11.8. The summed E-state index contributed by atoms with van der Waals surface area (Å²) in [5, 5.41) is 1.98. The van der Waals surface area contributed by atoms with Gasteiger partial charge in [-0.1, -0.05) is 86.3 Å². The van der Waals surface area contributed by atoms with Crippen LogP contribution in [-0.2, 0) is 31.9 Å². The third-order valence-electron chi connectivity index (χ3n) is 10.6. The van der Waals surface area contributed by atoms with Gasteiger partial charge in [0, 0.05) is 36.7 Å². The molecule has 0 saturated carbocycles. The van der Waals surface area contributed by atoms with Crippen molar-refractivity contribution in [1.82, 2.24) is 19.5 Å². The Morgan fingerprint density at radius 1 is 0.729 bits per heavy atom. The van der Waals surface area contributed by atoms with E-state index in [1.807, 2.05) is 66.7 Å². The Hall–Kier alpha value is -5.14. The summed E-state index contributed by atoms with van der Waals surface area (Å²) in [6, 6.07) is 52.4. The fraction of sp³-hybridized carbons (Fsp3) is 0.212. The molecule has 9 aromatic rings. The molecule has 0 bridgehead atoms. The van der Waals surface area contributed by atoms with Crippen molar-refractivity contribution in [2.75, 3.05) is 0 Å². The number of hydrogen-bond donors (Lipinski definition) is 0.